The first kappa shape index (κ1) is 20.9. The predicted molar refractivity (Wildman–Crippen MR) is 102 cm³/mol. The van der Waals surface area contributed by atoms with Gasteiger partial charge in [0.15, 0.2) is 11.6 Å². The second kappa shape index (κ2) is 14.2. The molecule has 0 radical (unpaired) electrons. The average Bonchev–Trinajstić information content (AvgIpc) is 2.58. The molecule has 0 bridgehead atoms. The molecule has 1 aliphatic carbocycles. The molecule has 2 heteroatoms. The number of carbonyl (C=O) groups excluding carboxylic acids is 2. The molecule has 1 aliphatic rings. The lowest BCUT2D eigenvalue weighted by atomic mass is 9.97. The molecule has 0 spiro atoms. The largest absolute Gasteiger partial charge is 0.290 e. The summed E-state index contributed by atoms with van der Waals surface area (Å²) in [5.74, 6) is -0.0285. The van der Waals surface area contributed by atoms with Crippen LogP contribution in [0.1, 0.15) is 103 Å². The fraction of sp³-hybridized carbons (Fsp3) is 0.727. The summed E-state index contributed by atoms with van der Waals surface area (Å²) in [5.41, 5.74) is 0.696. The Balaban J connectivity index is 1.83. The molecule has 24 heavy (non-hydrogen) atoms. The van der Waals surface area contributed by atoms with Crippen molar-refractivity contribution in [2.45, 2.75) is 103 Å². The maximum Gasteiger partial charge on any atom is 0.182 e. The maximum absolute atomic E-state index is 11.6. The van der Waals surface area contributed by atoms with Crippen LogP contribution in [0.25, 0.3) is 0 Å². The molecule has 0 aromatic carbocycles. The van der Waals surface area contributed by atoms with E-state index in [4.69, 9.17) is 0 Å². The number of hydrogen-bond donors (Lipinski definition) is 0. The molecule has 0 fully saturated rings. The molecule has 0 unspecified atom stereocenters. The minimum atomic E-state index is -0.0463. The summed E-state index contributed by atoms with van der Waals surface area (Å²) in [4.78, 5) is 22.8. The standard InChI is InChI=1S/C22H36O2/c1-2-3-4-5-6-7-8-9-10-11-12-13-14-15-16-20-19-21(23)17-18-22(20)24/h17-19H,2-16H2,1H3. The molecule has 1 rings (SSSR count). The lowest BCUT2D eigenvalue weighted by molar-refractivity contribution is -0.114. The van der Waals surface area contributed by atoms with Crippen molar-refractivity contribution in [1.29, 1.82) is 0 Å². The van der Waals surface area contributed by atoms with E-state index in [0.717, 1.165) is 12.8 Å². The molecular formula is C22H36O2. The molecular weight excluding hydrogens is 296 g/mol. The van der Waals surface area contributed by atoms with Crippen LogP contribution in [0.3, 0.4) is 0 Å². The normalized spacial score (nSPS) is 14.3. The summed E-state index contributed by atoms with van der Waals surface area (Å²) >= 11 is 0. The van der Waals surface area contributed by atoms with Crippen molar-refractivity contribution in [3.63, 3.8) is 0 Å². The van der Waals surface area contributed by atoms with Crippen molar-refractivity contribution in [3.8, 4) is 0 Å². The van der Waals surface area contributed by atoms with Gasteiger partial charge in [0.1, 0.15) is 0 Å². The van der Waals surface area contributed by atoms with E-state index in [1.807, 2.05) is 0 Å². The minimum Gasteiger partial charge on any atom is -0.290 e. The van der Waals surface area contributed by atoms with Gasteiger partial charge in [-0.3, -0.25) is 9.59 Å². The topological polar surface area (TPSA) is 34.1 Å². The van der Waals surface area contributed by atoms with Crippen molar-refractivity contribution in [2.24, 2.45) is 0 Å². The molecule has 0 aromatic heterocycles. The average molecular weight is 333 g/mol. The van der Waals surface area contributed by atoms with Gasteiger partial charge in [-0.2, -0.15) is 0 Å². The first-order valence-electron chi connectivity index (χ1n) is 10.2. The highest BCUT2D eigenvalue weighted by atomic mass is 16.1. The van der Waals surface area contributed by atoms with E-state index in [9.17, 15) is 9.59 Å². The molecule has 0 saturated carbocycles. The van der Waals surface area contributed by atoms with Crippen LogP contribution in [0.4, 0.5) is 0 Å². The van der Waals surface area contributed by atoms with Crippen molar-refractivity contribution >= 4 is 11.6 Å². The van der Waals surface area contributed by atoms with Gasteiger partial charge in [0.25, 0.3) is 0 Å². The van der Waals surface area contributed by atoms with E-state index >= 15 is 0 Å². The number of unbranched alkanes of at least 4 members (excludes halogenated alkanes) is 13. The molecule has 0 amide bonds. The summed E-state index contributed by atoms with van der Waals surface area (Å²) in [6, 6.07) is 0. The molecule has 0 aliphatic heterocycles. The lowest BCUT2D eigenvalue weighted by Gasteiger charge is -2.06. The Morgan fingerprint density at radius 2 is 1.08 bits per heavy atom. The fourth-order valence-electron chi connectivity index (χ4n) is 3.26. The summed E-state index contributed by atoms with van der Waals surface area (Å²) in [6.45, 7) is 2.27. The van der Waals surface area contributed by atoms with Crippen LogP contribution in [0.15, 0.2) is 23.8 Å². The van der Waals surface area contributed by atoms with Crippen LogP contribution in [0.5, 0.6) is 0 Å². The number of ketones is 2. The smallest absolute Gasteiger partial charge is 0.182 e. The first-order valence-corrected chi connectivity index (χ1v) is 10.2. The first-order chi connectivity index (χ1) is 11.7. The fourth-order valence-corrected chi connectivity index (χ4v) is 3.26. The van der Waals surface area contributed by atoms with Gasteiger partial charge >= 0.3 is 0 Å². The highest BCUT2D eigenvalue weighted by Crippen LogP contribution is 2.16. The van der Waals surface area contributed by atoms with Crippen molar-refractivity contribution in [2.75, 3.05) is 0 Å². The van der Waals surface area contributed by atoms with E-state index in [0.29, 0.717) is 5.57 Å². The van der Waals surface area contributed by atoms with Crippen molar-refractivity contribution < 1.29 is 9.59 Å². The Hall–Kier alpha value is -1.18. The molecule has 136 valence electrons. The summed E-state index contributed by atoms with van der Waals surface area (Å²) in [6.07, 6.45) is 23.7. The Labute approximate surface area is 148 Å². The van der Waals surface area contributed by atoms with Gasteiger partial charge in [-0.25, -0.2) is 0 Å². The van der Waals surface area contributed by atoms with Gasteiger partial charge in [-0.05, 0) is 31.1 Å². The van der Waals surface area contributed by atoms with Crippen LogP contribution in [-0.2, 0) is 9.59 Å². The zero-order valence-corrected chi connectivity index (χ0v) is 15.7. The number of allylic oxidation sites excluding steroid dienone is 4. The van der Waals surface area contributed by atoms with Gasteiger partial charge in [-0.15, -0.1) is 0 Å². The summed E-state index contributed by atoms with van der Waals surface area (Å²) in [5, 5.41) is 0. The Bertz CT molecular complexity index is 418. The zero-order valence-electron chi connectivity index (χ0n) is 15.7. The van der Waals surface area contributed by atoms with E-state index in [2.05, 4.69) is 6.92 Å². The molecule has 0 N–H and O–H groups in total. The Morgan fingerprint density at radius 3 is 1.58 bits per heavy atom. The summed E-state index contributed by atoms with van der Waals surface area (Å²) < 4.78 is 0. The van der Waals surface area contributed by atoms with Crippen LogP contribution in [0.2, 0.25) is 0 Å². The van der Waals surface area contributed by atoms with Gasteiger partial charge in [0, 0.05) is 5.57 Å². The third-order valence-electron chi connectivity index (χ3n) is 4.83. The van der Waals surface area contributed by atoms with Crippen LogP contribution < -0.4 is 0 Å². The van der Waals surface area contributed by atoms with Crippen molar-refractivity contribution in [1.82, 2.24) is 0 Å². The molecule has 2 nitrogen and oxygen atoms in total. The molecule has 0 atom stereocenters. The number of carbonyl (C=O) groups is 2. The number of hydrogen-bond acceptors (Lipinski definition) is 2. The molecule has 0 heterocycles. The van der Waals surface area contributed by atoms with Gasteiger partial charge in [0.05, 0.1) is 0 Å². The van der Waals surface area contributed by atoms with E-state index in [1.165, 1.54) is 102 Å². The van der Waals surface area contributed by atoms with Crippen molar-refractivity contribution in [3.05, 3.63) is 23.8 Å². The third kappa shape index (κ3) is 10.6. The second-order valence-corrected chi connectivity index (χ2v) is 7.12. The van der Waals surface area contributed by atoms with Crippen LogP contribution in [-0.4, -0.2) is 11.6 Å². The van der Waals surface area contributed by atoms with Gasteiger partial charge in [0.2, 0.25) is 0 Å². The SMILES string of the molecule is CCCCCCCCCCCCCCCCC1=CC(=O)C=CC1=O. The van der Waals surface area contributed by atoms with E-state index in [1.54, 1.807) is 0 Å². The highest BCUT2D eigenvalue weighted by molar-refractivity contribution is 6.17. The third-order valence-corrected chi connectivity index (χ3v) is 4.83. The zero-order chi connectivity index (χ0) is 17.5. The maximum atomic E-state index is 11.6. The van der Waals surface area contributed by atoms with E-state index < -0.39 is 0 Å². The molecule has 0 saturated heterocycles. The second-order valence-electron chi connectivity index (χ2n) is 7.12. The molecule has 0 aromatic rings. The Morgan fingerprint density at radius 1 is 0.625 bits per heavy atom. The number of rotatable bonds is 15. The lowest BCUT2D eigenvalue weighted by Crippen LogP contribution is -2.07. The minimum absolute atomic E-state index is 0.0179. The van der Waals surface area contributed by atoms with Gasteiger partial charge < -0.3 is 0 Å². The quantitative estimate of drug-likeness (QED) is 0.253. The Kier molecular flexibility index (Phi) is 12.3. The van der Waals surface area contributed by atoms with Gasteiger partial charge in [-0.1, -0.05) is 90.4 Å². The monoisotopic (exact) mass is 332 g/mol. The summed E-state index contributed by atoms with van der Waals surface area (Å²) in [7, 11) is 0. The van der Waals surface area contributed by atoms with Crippen LogP contribution >= 0.6 is 0 Å². The van der Waals surface area contributed by atoms with Crippen LogP contribution in [0, 0.1) is 0 Å². The predicted octanol–water partition coefficient (Wildman–Crippen LogP) is 6.49. The van der Waals surface area contributed by atoms with E-state index in [-0.39, 0.29) is 11.6 Å². The highest BCUT2D eigenvalue weighted by Gasteiger charge is 2.12.